The summed E-state index contributed by atoms with van der Waals surface area (Å²) >= 11 is 0. The Bertz CT molecular complexity index is 1930. The van der Waals surface area contributed by atoms with Gasteiger partial charge < -0.3 is 50.6 Å². The van der Waals surface area contributed by atoms with Gasteiger partial charge in [0.15, 0.2) is 11.6 Å². The van der Waals surface area contributed by atoms with Gasteiger partial charge >= 0.3 is 0 Å². The van der Waals surface area contributed by atoms with Gasteiger partial charge in [-0.25, -0.2) is 19.9 Å². The number of nitrogens with zero attached hydrogens (tertiary/aromatic N) is 5. The van der Waals surface area contributed by atoms with Gasteiger partial charge in [-0.1, -0.05) is 45.0 Å². The van der Waals surface area contributed by atoms with Gasteiger partial charge in [-0.05, 0) is 102 Å². The quantitative estimate of drug-likeness (QED) is 0.0604. The van der Waals surface area contributed by atoms with Crippen LogP contribution in [0.5, 0.6) is 11.5 Å². The number of nitrogens with one attached hydrogen (secondary N) is 4. The fourth-order valence-corrected chi connectivity index (χ4v) is 7.52. The lowest BCUT2D eigenvalue weighted by Gasteiger charge is -2.32. The van der Waals surface area contributed by atoms with Crippen LogP contribution in [0.2, 0.25) is 0 Å². The molecule has 0 amide bonds. The Kier molecular flexibility index (Phi) is 17.3. The summed E-state index contributed by atoms with van der Waals surface area (Å²) in [5.41, 5.74) is 2.82. The minimum atomic E-state index is -0.557. The largest absolute Gasteiger partial charge is 0.491 e. The average molecular weight is 840 g/mol. The Morgan fingerprint density at radius 3 is 1.69 bits per heavy atom. The van der Waals surface area contributed by atoms with E-state index in [4.69, 9.17) is 34.1 Å². The molecule has 3 fully saturated rings. The number of ether oxygens (including phenoxy) is 3. The molecule has 3 aliphatic rings. The number of hydrogen-bond acceptors (Lipinski definition) is 14. The van der Waals surface area contributed by atoms with Crippen molar-refractivity contribution >= 4 is 17.5 Å². The van der Waals surface area contributed by atoms with Crippen molar-refractivity contribution < 1.29 is 24.4 Å². The first-order valence-electron chi connectivity index (χ1n) is 22.3. The van der Waals surface area contributed by atoms with Crippen LogP contribution < -0.4 is 35.6 Å². The van der Waals surface area contributed by atoms with E-state index in [9.17, 15) is 10.2 Å². The molecule has 2 saturated carbocycles. The Labute approximate surface area is 362 Å². The Hall–Kier alpha value is -4.60. The maximum atomic E-state index is 9.90. The Morgan fingerprint density at radius 2 is 1.20 bits per heavy atom. The first-order valence-corrected chi connectivity index (χ1v) is 22.3. The van der Waals surface area contributed by atoms with Crippen molar-refractivity contribution in [3.8, 4) is 34.3 Å². The van der Waals surface area contributed by atoms with Crippen LogP contribution in [0.25, 0.3) is 22.8 Å². The zero-order chi connectivity index (χ0) is 43.1. The number of aromatic nitrogens is 4. The molecule has 2 aromatic carbocycles. The number of benzene rings is 2. The highest BCUT2D eigenvalue weighted by Gasteiger charge is 2.24. The first kappa shape index (κ1) is 45.9. The summed E-state index contributed by atoms with van der Waals surface area (Å²) in [5.74, 6) is 6.57. The second-order valence-corrected chi connectivity index (χ2v) is 17.2. The third-order valence-electron chi connectivity index (χ3n) is 11.4. The minimum absolute atomic E-state index is 0.231. The summed E-state index contributed by atoms with van der Waals surface area (Å²) in [6.07, 6.45) is 8.19. The molecule has 0 spiro atoms. The zero-order valence-electron chi connectivity index (χ0n) is 37.1. The highest BCUT2D eigenvalue weighted by atomic mass is 16.5. The summed E-state index contributed by atoms with van der Waals surface area (Å²) in [7, 11) is 5.72. The summed E-state index contributed by atoms with van der Waals surface area (Å²) in [6.45, 7) is 9.67. The van der Waals surface area contributed by atoms with E-state index in [0.29, 0.717) is 60.3 Å². The van der Waals surface area contributed by atoms with E-state index < -0.39 is 12.2 Å². The number of likely N-dealkylation sites (N-methyl/N-ethyl adjacent to an activating group) is 2. The molecule has 14 heteroatoms. The van der Waals surface area contributed by atoms with E-state index in [0.717, 1.165) is 66.2 Å². The molecule has 332 valence electrons. The van der Waals surface area contributed by atoms with Crippen LogP contribution in [0, 0.1) is 5.92 Å². The molecule has 7 rings (SSSR count). The maximum absolute atomic E-state index is 9.90. The van der Waals surface area contributed by atoms with Crippen LogP contribution in [-0.2, 0) is 4.74 Å². The molecule has 0 radical (unpaired) electrons. The highest BCUT2D eigenvalue weighted by Crippen LogP contribution is 2.31. The lowest BCUT2D eigenvalue weighted by molar-refractivity contribution is 0.0853. The predicted molar refractivity (Wildman–Crippen MR) is 244 cm³/mol. The van der Waals surface area contributed by atoms with Gasteiger partial charge in [-0.15, -0.1) is 0 Å². The molecule has 14 nitrogen and oxygen atoms in total. The number of aliphatic hydroxyl groups is 2. The highest BCUT2D eigenvalue weighted by molar-refractivity contribution is 5.63. The molecule has 1 saturated heterocycles. The lowest BCUT2D eigenvalue weighted by atomic mass is 9.87. The fraction of sp³-hybridized carbons (Fsp3) is 0.574. The van der Waals surface area contributed by atoms with Crippen molar-refractivity contribution in [3.05, 3.63) is 66.4 Å². The van der Waals surface area contributed by atoms with Crippen LogP contribution in [0.3, 0.4) is 0 Å². The van der Waals surface area contributed by atoms with Gasteiger partial charge in [0.25, 0.3) is 0 Å². The standard InChI is InChI=1S/C24H35N5O2.C23H34N4O3/c1-16-6-8-18(9-7-16)26-22-13-23(27-19-10-11-19)29-24(28-22)17-4-3-5-21(12-17)31-15-20(30)14-25-2;1-16(2)21-13-22(27(4)18-8-10-29-11-9-18)26-23(25-21)17-6-5-7-20(12-17)30-15-19(28)14-24-3/h3-5,12-13,16,18-20,25,30H,6-11,14-15H2,1-2H3,(H2,26,27,28,29);5-7,12-13,16,18-19,24,28H,8-11,14-15H2,1-4H3. The van der Waals surface area contributed by atoms with Crippen molar-refractivity contribution in [2.24, 2.45) is 5.92 Å². The molecule has 2 aromatic heterocycles. The molecule has 4 aromatic rings. The minimum Gasteiger partial charge on any atom is -0.491 e. The molecule has 6 N–H and O–H groups in total. The third kappa shape index (κ3) is 14.5. The smallest absolute Gasteiger partial charge is 0.163 e. The van der Waals surface area contributed by atoms with Gasteiger partial charge in [0.05, 0.1) is 0 Å². The van der Waals surface area contributed by atoms with Gasteiger partial charge in [0.1, 0.15) is 54.4 Å². The number of hydrogen-bond donors (Lipinski definition) is 6. The van der Waals surface area contributed by atoms with Crippen molar-refractivity contribution in [2.75, 3.05) is 76.2 Å². The summed E-state index contributed by atoms with van der Waals surface area (Å²) in [6, 6.07) is 21.1. The Balaban J connectivity index is 0.000000204. The van der Waals surface area contributed by atoms with Crippen LogP contribution in [0.4, 0.5) is 17.5 Å². The van der Waals surface area contributed by atoms with Crippen molar-refractivity contribution in [2.45, 2.75) is 108 Å². The average Bonchev–Trinajstić information content (AvgIpc) is 4.10. The second-order valence-electron chi connectivity index (χ2n) is 17.2. The monoisotopic (exact) mass is 840 g/mol. The van der Waals surface area contributed by atoms with Crippen LogP contribution in [0.15, 0.2) is 60.7 Å². The van der Waals surface area contributed by atoms with E-state index in [1.54, 1.807) is 7.05 Å². The van der Waals surface area contributed by atoms with Gasteiger partial charge in [-0.3, -0.25) is 0 Å². The van der Waals surface area contributed by atoms with Crippen molar-refractivity contribution in [3.63, 3.8) is 0 Å². The van der Waals surface area contributed by atoms with Gasteiger partial charge in [0.2, 0.25) is 0 Å². The van der Waals surface area contributed by atoms with E-state index in [2.05, 4.69) is 60.1 Å². The van der Waals surface area contributed by atoms with Crippen LogP contribution in [0.1, 0.15) is 83.7 Å². The molecule has 0 bridgehead atoms. The van der Waals surface area contributed by atoms with E-state index in [1.807, 2.05) is 61.6 Å². The zero-order valence-corrected chi connectivity index (χ0v) is 37.1. The first-order chi connectivity index (χ1) is 29.6. The van der Waals surface area contributed by atoms with Gasteiger partial charge in [-0.2, -0.15) is 0 Å². The lowest BCUT2D eigenvalue weighted by Crippen LogP contribution is -2.37. The SMILES string of the molecule is CNCC(O)COc1cccc(-c2nc(C(C)C)cc(N(C)C3CCOCC3)n2)c1.CNCC(O)COc1cccc(-c2nc(NC3CCC(C)CC3)cc(NC3CC3)n2)c1. The topological polar surface area (TPSA) is 171 Å². The summed E-state index contributed by atoms with van der Waals surface area (Å²) < 4.78 is 17.0. The van der Waals surface area contributed by atoms with Gasteiger partial charge in [0, 0.05) is 80.4 Å². The maximum Gasteiger partial charge on any atom is 0.163 e. The summed E-state index contributed by atoms with van der Waals surface area (Å²) in [5, 5.41) is 32.8. The molecule has 3 heterocycles. The second kappa shape index (κ2) is 23.0. The third-order valence-corrected chi connectivity index (χ3v) is 11.4. The van der Waals surface area contributed by atoms with Crippen molar-refractivity contribution in [1.82, 2.24) is 30.6 Å². The normalized spacial score (nSPS) is 19.0. The number of rotatable bonds is 19. The molecule has 61 heavy (non-hydrogen) atoms. The fourth-order valence-electron chi connectivity index (χ4n) is 7.52. The number of anilines is 3. The van der Waals surface area contributed by atoms with Crippen LogP contribution >= 0.6 is 0 Å². The molecular weight excluding hydrogens is 771 g/mol. The predicted octanol–water partition coefficient (Wildman–Crippen LogP) is 6.51. The molecular formula is C47H69N9O5. The van der Waals surface area contributed by atoms with E-state index in [1.165, 1.54) is 38.5 Å². The summed E-state index contributed by atoms with van der Waals surface area (Å²) in [4.78, 5) is 21.6. The van der Waals surface area contributed by atoms with E-state index >= 15 is 0 Å². The molecule has 2 unspecified atom stereocenters. The van der Waals surface area contributed by atoms with E-state index in [-0.39, 0.29) is 13.2 Å². The Morgan fingerprint density at radius 1 is 0.689 bits per heavy atom. The molecule has 2 aliphatic carbocycles. The number of aliphatic hydroxyl groups excluding tert-OH is 2. The van der Waals surface area contributed by atoms with Crippen molar-refractivity contribution in [1.29, 1.82) is 0 Å². The molecule has 1 aliphatic heterocycles. The molecule has 2 atom stereocenters. The van der Waals surface area contributed by atoms with Crippen LogP contribution in [-0.4, -0.2) is 121 Å².